The van der Waals surface area contributed by atoms with E-state index in [4.69, 9.17) is 9.47 Å². The summed E-state index contributed by atoms with van der Waals surface area (Å²) in [5.74, 6) is -0.542. The molecular weight excluding hydrogens is 240 g/mol. The van der Waals surface area contributed by atoms with Crippen LogP contribution in [-0.2, 0) is 14.3 Å². The molecule has 0 aliphatic carbocycles. The second-order valence-corrected chi connectivity index (χ2v) is 4.88. The molecule has 17 heavy (non-hydrogen) atoms. The smallest absolute Gasteiger partial charge is 0.348 e. The number of cyclic esters (lactones) is 1. The van der Waals surface area contributed by atoms with Crippen molar-refractivity contribution in [2.24, 2.45) is 0 Å². The Kier molecular flexibility index (Phi) is 4.14. The average molecular weight is 254 g/mol. The van der Waals surface area contributed by atoms with Crippen LogP contribution in [0, 0.1) is 0 Å². The minimum Gasteiger partial charge on any atom is -0.459 e. The van der Waals surface area contributed by atoms with Crippen LogP contribution in [0.15, 0.2) is 17.5 Å². The highest BCUT2D eigenvalue weighted by Gasteiger charge is 2.20. The monoisotopic (exact) mass is 254 g/mol. The Morgan fingerprint density at radius 3 is 3.18 bits per heavy atom. The van der Waals surface area contributed by atoms with Crippen molar-refractivity contribution in [1.29, 1.82) is 0 Å². The van der Waals surface area contributed by atoms with Crippen LogP contribution >= 0.6 is 11.3 Å². The van der Waals surface area contributed by atoms with Gasteiger partial charge in [0.1, 0.15) is 17.6 Å². The van der Waals surface area contributed by atoms with Crippen LogP contribution in [-0.4, -0.2) is 24.6 Å². The van der Waals surface area contributed by atoms with E-state index in [1.165, 1.54) is 11.3 Å². The van der Waals surface area contributed by atoms with Gasteiger partial charge >= 0.3 is 11.9 Å². The van der Waals surface area contributed by atoms with Crippen molar-refractivity contribution in [1.82, 2.24) is 0 Å². The molecule has 1 aromatic rings. The first-order valence-corrected chi connectivity index (χ1v) is 6.54. The summed E-state index contributed by atoms with van der Waals surface area (Å²) in [6, 6.07) is 3.51. The van der Waals surface area contributed by atoms with Crippen LogP contribution in [0.3, 0.4) is 0 Å². The summed E-state index contributed by atoms with van der Waals surface area (Å²) in [6.45, 7) is 0.155. The molecule has 0 N–H and O–H groups in total. The molecule has 0 saturated carbocycles. The normalized spacial score (nSPS) is 20.5. The van der Waals surface area contributed by atoms with Crippen molar-refractivity contribution in [3.05, 3.63) is 22.4 Å². The zero-order valence-corrected chi connectivity index (χ0v) is 10.2. The van der Waals surface area contributed by atoms with E-state index in [1.54, 1.807) is 12.1 Å². The molecule has 1 aliphatic rings. The van der Waals surface area contributed by atoms with Gasteiger partial charge in [-0.2, -0.15) is 0 Å². The van der Waals surface area contributed by atoms with E-state index < -0.39 is 0 Å². The topological polar surface area (TPSA) is 52.6 Å². The number of ether oxygens (including phenoxy) is 2. The number of thiophene rings is 1. The number of esters is 2. The Morgan fingerprint density at radius 1 is 1.53 bits per heavy atom. The van der Waals surface area contributed by atoms with E-state index in [0.717, 1.165) is 19.3 Å². The first-order valence-electron chi connectivity index (χ1n) is 5.66. The third-order valence-corrected chi connectivity index (χ3v) is 3.43. The van der Waals surface area contributed by atoms with Gasteiger partial charge in [0, 0.05) is 6.42 Å². The SMILES string of the molecule is O=C1CCCCC(COC(=O)c2cccs2)O1. The van der Waals surface area contributed by atoms with Gasteiger partial charge in [-0.3, -0.25) is 4.79 Å². The van der Waals surface area contributed by atoms with Crippen LogP contribution in [0.2, 0.25) is 0 Å². The molecule has 0 amide bonds. The summed E-state index contributed by atoms with van der Waals surface area (Å²) < 4.78 is 10.3. The summed E-state index contributed by atoms with van der Waals surface area (Å²) in [6.07, 6.45) is 2.74. The van der Waals surface area contributed by atoms with Crippen molar-refractivity contribution in [3.63, 3.8) is 0 Å². The maximum Gasteiger partial charge on any atom is 0.348 e. The second-order valence-electron chi connectivity index (χ2n) is 3.93. The van der Waals surface area contributed by atoms with Crippen LogP contribution in [0.25, 0.3) is 0 Å². The fourth-order valence-electron chi connectivity index (χ4n) is 1.70. The fraction of sp³-hybridized carbons (Fsp3) is 0.500. The van der Waals surface area contributed by atoms with E-state index in [1.807, 2.05) is 5.38 Å². The molecule has 0 bridgehead atoms. The minimum absolute atomic E-state index is 0.155. The zero-order chi connectivity index (χ0) is 12.1. The second kappa shape index (κ2) is 5.82. The van der Waals surface area contributed by atoms with Gasteiger partial charge < -0.3 is 9.47 Å². The van der Waals surface area contributed by atoms with E-state index in [-0.39, 0.29) is 24.6 Å². The maximum absolute atomic E-state index is 11.6. The van der Waals surface area contributed by atoms with Crippen LogP contribution < -0.4 is 0 Å². The zero-order valence-electron chi connectivity index (χ0n) is 9.39. The quantitative estimate of drug-likeness (QED) is 0.777. The lowest BCUT2D eigenvalue weighted by Crippen LogP contribution is -2.23. The van der Waals surface area contributed by atoms with E-state index >= 15 is 0 Å². The predicted octanol–water partition coefficient (Wildman–Crippen LogP) is 2.39. The minimum atomic E-state index is -0.347. The lowest BCUT2D eigenvalue weighted by Gasteiger charge is -2.14. The largest absolute Gasteiger partial charge is 0.459 e. The van der Waals surface area contributed by atoms with Gasteiger partial charge in [0.15, 0.2) is 0 Å². The van der Waals surface area contributed by atoms with Crippen molar-refractivity contribution in [2.45, 2.75) is 31.8 Å². The maximum atomic E-state index is 11.6. The summed E-state index contributed by atoms with van der Waals surface area (Å²) in [4.78, 5) is 23.3. The summed E-state index contributed by atoms with van der Waals surface area (Å²) in [7, 11) is 0. The van der Waals surface area contributed by atoms with Gasteiger partial charge in [-0.05, 0) is 30.7 Å². The molecule has 1 aliphatic heterocycles. The van der Waals surface area contributed by atoms with Crippen molar-refractivity contribution < 1.29 is 19.1 Å². The Labute approximate surface area is 104 Å². The Bertz CT molecular complexity index is 385. The van der Waals surface area contributed by atoms with Crippen molar-refractivity contribution >= 4 is 23.3 Å². The number of carbonyl (C=O) groups is 2. The average Bonchev–Trinajstić information content (AvgIpc) is 2.77. The van der Waals surface area contributed by atoms with Crippen molar-refractivity contribution in [2.75, 3.05) is 6.61 Å². The molecule has 1 atom stereocenters. The summed E-state index contributed by atoms with van der Waals surface area (Å²) in [5.41, 5.74) is 0. The molecule has 4 nitrogen and oxygen atoms in total. The number of hydrogen-bond acceptors (Lipinski definition) is 5. The van der Waals surface area contributed by atoms with Gasteiger partial charge in [-0.15, -0.1) is 11.3 Å². The van der Waals surface area contributed by atoms with E-state index in [9.17, 15) is 9.59 Å². The molecule has 1 aromatic heterocycles. The summed E-state index contributed by atoms with van der Waals surface area (Å²) in [5, 5.41) is 1.82. The molecule has 2 rings (SSSR count). The first kappa shape index (κ1) is 12.1. The van der Waals surface area contributed by atoms with E-state index in [0.29, 0.717) is 11.3 Å². The number of carbonyl (C=O) groups excluding carboxylic acids is 2. The number of rotatable bonds is 3. The molecule has 1 fully saturated rings. The van der Waals surface area contributed by atoms with Crippen LogP contribution in [0.1, 0.15) is 35.4 Å². The molecule has 0 aromatic carbocycles. The summed E-state index contributed by atoms with van der Waals surface area (Å²) >= 11 is 1.34. The molecule has 5 heteroatoms. The highest BCUT2D eigenvalue weighted by molar-refractivity contribution is 7.11. The van der Waals surface area contributed by atoms with Crippen molar-refractivity contribution in [3.8, 4) is 0 Å². The molecule has 1 saturated heterocycles. The van der Waals surface area contributed by atoms with E-state index in [2.05, 4.69) is 0 Å². The third-order valence-electron chi connectivity index (χ3n) is 2.58. The standard InChI is InChI=1S/C12H14O4S/c13-11-6-2-1-4-9(16-11)8-15-12(14)10-5-3-7-17-10/h3,5,7,9H,1-2,4,6,8H2. The highest BCUT2D eigenvalue weighted by Crippen LogP contribution is 2.16. The van der Waals surface area contributed by atoms with Gasteiger partial charge in [0.2, 0.25) is 0 Å². The fourth-order valence-corrected chi connectivity index (χ4v) is 2.31. The Morgan fingerprint density at radius 2 is 2.41 bits per heavy atom. The first-order chi connectivity index (χ1) is 8.25. The Hall–Kier alpha value is -1.36. The Balaban J connectivity index is 1.81. The van der Waals surface area contributed by atoms with Gasteiger partial charge in [-0.25, -0.2) is 4.79 Å². The number of hydrogen-bond donors (Lipinski definition) is 0. The van der Waals surface area contributed by atoms with Crippen LogP contribution in [0.4, 0.5) is 0 Å². The molecule has 0 spiro atoms. The molecule has 0 radical (unpaired) electrons. The molecule has 1 unspecified atom stereocenters. The lowest BCUT2D eigenvalue weighted by atomic mass is 10.1. The van der Waals surface area contributed by atoms with Crippen LogP contribution in [0.5, 0.6) is 0 Å². The molecule has 92 valence electrons. The third kappa shape index (κ3) is 3.56. The highest BCUT2D eigenvalue weighted by atomic mass is 32.1. The lowest BCUT2D eigenvalue weighted by molar-refractivity contribution is -0.149. The van der Waals surface area contributed by atoms with Gasteiger partial charge in [-0.1, -0.05) is 6.07 Å². The molecule has 2 heterocycles. The van der Waals surface area contributed by atoms with Gasteiger partial charge in [0.05, 0.1) is 0 Å². The molecular formula is C12H14O4S. The van der Waals surface area contributed by atoms with Gasteiger partial charge in [0.25, 0.3) is 0 Å². The predicted molar refractivity (Wildman–Crippen MR) is 62.9 cm³/mol.